The molecule has 7 rings (SSSR count). The first-order valence-corrected chi connectivity index (χ1v) is 25.9. The first-order valence-electron chi connectivity index (χ1n) is 25.9. The van der Waals surface area contributed by atoms with Crippen molar-refractivity contribution in [1.82, 2.24) is 10.6 Å². The van der Waals surface area contributed by atoms with Crippen LogP contribution in [0.25, 0.3) is 0 Å². The van der Waals surface area contributed by atoms with E-state index in [4.69, 9.17) is 9.47 Å². The summed E-state index contributed by atoms with van der Waals surface area (Å²) in [6, 6.07) is 8.91. The molecular formula is C58H84N2O8. The van der Waals surface area contributed by atoms with E-state index in [1.54, 1.807) is 7.11 Å². The van der Waals surface area contributed by atoms with Gasteiger partial charge >= 0.3 is 0 Å². The lowest BCUT2D eigenvalue weighted by atomic mass is 9.45. The minimum absolute atomic E-state index is 0.0271. The van der Waals surface area contributed by atoms with Gasteiger partial charge in [-0.15, -0.1) is 0 Å². The number of hydrogen-bond donors (Lipinski definition) is 7. The number of benzene rings is 1. The molecule has 68 heavy (non-hydrogen) atoms. The van der Waals surface area contributed by atoms with Crippen molar-refractivity contribution >= 4 is 6.29 Å². The number of fused-ring (bicyclic) bond motifs is 5. The zero-order valence-corrected chi connectivity index (χ0v) is 41.9. The highest BCUT2D eigenvalue weighted by atomic mass is 16.6. The van der Waals surface area contributed by atoms with E-state index in [1.165, 1.54) is 24.0 Å². The molecule has 6 aliphatic rings. The second kappa shape index (κ2) is 22.9. The number of carbonyl (C=O) groups is 1. The SMILES string of the molecule is C=C(/C=C/C=C(/[C@@H]1C=C[C@H](C(C)C)[C@@H](O)O1)[C@@H]1CC[C@]2([C@@H]1O)[C@@H]1C(=C(C)C=O)[C@@H](C=C[C@H]1CCO)C[C@]2(O)CCNC)[C@@H]1C/C=C(\C)[C@H](O)N[C@](CCOC)(C2CCCC2)Cc2cccc(c2)C1. The van der Waals surface area contributed by atoms with E-state index in [-0.39, 0.29) is 47.7 Å². The van der Waals surface area contributed by atoms with Crippen molar-refractivity contribution in [2.24, 2.45) is 52.8 Å². The maximum atomic E-state index is 13.2. The molecule has 0 amide bonds. The Hall–Kier alpha value is -3.29. The summed E-state index contributed by atoms with van der Waals surface area (Å²) in [6.07, 6.45) is 24.0. The van der Waals surface area contributed by atoms with Gasteiger partial charge in [-0.25, -0.2) is 0 Å². The number of hydrogen-bond acceptors (Lipinski definition) is 10. The van der Waals surface area contributed by atoms with E-state index in [0.717, 1.165) is 60.7 Å². The van der Waals surface area contributed by atoms with Crippen LogP contribution in [0.3, 0.4) is 0 Å². The van der Waals surface area contributed by atoms with Gasteiger partial charge in [0.05, 0.1) is 11.7 Å². The van der Waals surface area contributed by atoms with E-state index in [9.17, 15) is 30.3 Å². The summed E-state index contributed by atoms with van der Waals surface area (Å²) in [6.45, 7) is 13.7. The molecule has 1 aromatic rings. The van der Waals surface area contributed by atoms with Gasteiger partial charge in [0.25, 0.3) is 0 Å². The van der Waals surface area contributed by atoms with Gasteiger partial charge in [0.2, 0.25) is 0 Å². The summed E-state index contributed by atoms with van der Waals surface area (Å²) in [4.78, 5) is 12.6. The molecule has 13 atom stereocenters. The first kappa shape index (κ1) is 52.5. The van der Waals surface area contributed by atoms with Gasteiger partial charge in [0, 0.05) is 49.0 Å². The van der Waals surface area contributed by atoms with Crippen LogP contribution in [-0.2, 0) is 27.1 Å². The molecule has 0 saturated heterocycles. The Bertz CT molecular complexity index is 2100. The number of nitrogens with one attached hydrogen (secondary N) is 2. The average Bonchev–Trinajstić information content (AvgIpc) is 3.99. The summed E-state index contributed by atoms with van der Waals surface area (Å²) in [7, 11) is 3.63. The van der Waals surface area contributed by atoms with Crippen LogP contribution in [-0.4, -0.2) is 102 Å². The predicted octanol–water partition coefficient (Wildman–Crippen LogP) is 8.01. The van der Waals surface area contributed by atoms with Crippen molar-refractivity contribution in [1.29, 1.82) is 0 Å². The Balaban J connectivity index is 1.25. The summed E-state index contributed by atoms with van der Waals surface area (Å²) in [5, 5.41) is 67.0. The maximum absolute atomic E-state index is 13.2. The topological polar surface area (TPSA) is 161 Å². The van der Waals surface area contributed by atoms with Crippen LogP contribution < -0.4 is 10.6 Å². The first-order chi connectivity index (χ1) is 32.6. The smallest absolute Gasteiger partial charge is 0.162 e. The summed E-state index contributed by atoms with van der Waals surface area (Å²) in [5.41, 5.74) is 4.10. The van der Waals surface area contributed by atoms with E-state index in [0.29, 0.717) is 63.2 Å². The highest BCUT2D eigenvalue weighted by Gasteiger charge is 2.69. The monoisotopic (exact) mass is 937 g/mol. The number of ether oxygens (including phenoxy) is 2. The third kappa shape index (κ3) is 10.7. The zero-order valence-electron chi connectivity index (χ0n) is 41.9. The second-order valence-electron chi connectivity index (χ2n) is 21.9. The minimum atomic E-state index is -1.28. The molecule has 374 valence electrons. The highest BCUT2D eigenvalue weighted by molar-refractivity contribution is 5.74. The Morgan fingerprint density at radius 3 is 2.53 bits per heavy atom. The molecule has 3 fully saturated rings. The van der Waals surface area contributed by atoms with Crippen LogP contribution in [0.1, 0.15) is 109 Å². The number of aliphatic hydroxyl groups excluding tert-OH is 4. The molecule has 3 saturated carbocycles. The lowest BCUT2D eigenvalue weighted by Gasteiger charge is -2.61. The molecule has 7 N–H and O–H groups in total. The van der Waals surface area contributed by atoms with Crippen molar-refractivity contribution in [2.45, 2.75) is 147 Å². The molecule has 1 spiro atoms. The van der Waals surface area contributed by atoms with Gasteiger partial charge in [-0.2, -0.15) is 0 Å². The van der Waals surface area contributed by atoms with Crippen molar-refractivity contribution < 1.29 is 39.8 Å². The number of methoxy groups -OCH3 is 1. The normalized spacial score (nSPS) is 38.4. The Morgan fingerprint density at radius 2 is 1.84 bits per heavy atom. The summed E-state index contributed by atoms with van der Waals surface area (Å²) in [5.74, 6) is -0.723. The fourth-order valence-electron chi connectivity index (χ4n) is 13.9. The Kier molecular flexibility index (Phi) is 17.7. The number of aliphatic hydroxyl groups is 5. The lowest BCUT2D eigenvalue weighted by Crippen LogP contribution is -2.65. The molecule has 10 heteroatoms. The van der Waals surface area contributed by atoms with Crippen LogP contribution in [0.5, 0.6) is 0 Å². The van der Waals surface area contributed by atoms with Gasteiger partial charge < -0.3 is 40.3 Å². The van der Waals surface area contributed by atoms with Crippen LogP contribution in [0.2, 0.25) is 0 Å². The molecule has 0 unspecified atom stereocenters. The van der Waals surface area contributed by atoms with Gasteiger partial charge in [-0.3, -0.25) is 10.1 Å². The van der Waals surface area contributed by atoms with E-state index >= 15 is 0 Å². The van der Waals surface area contributed by atoms with Gasteiger partial charge in [0.1, 0.15) is 18.6 Å². The van der Waals surface area contributed by atoms with E-state index in [2.05, 4.69) is 79.6 Å². The molecule has 4 aliphatic carbocycles. The summed E-state index contributed by atoms with van der Waals surface area (Å²) >= 11 is 0. The summed E-state index contributed by atoms with van der Waals surface area (Å²) < 4.78 is 12.1. The Labute approximate surface area is 407 Å². The molecule has 10 nitrogen and oxygen atoms in total. The van der Waals surface area contributed by atoms with E-state index in [1.807, 2.05) is 45.2 Å². The van der Waals surface area contributed by atoms with Gasteiger partial charge in [0.15, 0.2) is 6.29 Å². The van der Waals surface area contributed by atoms with Crippen molar-refractivity contribution in [3.8, 4) is 0 Å². The molecule has 0 aromatic heterocycles. The second-order valence-corrected chi connectivity index (χ2v) is 21.9. The molecule has 2 heterocycles. The molecule has 2 aliphatic heterocycles. The molecule has 4 bridgehead atoms. The number of allylic oxidation sites excluding steroid dienone is 9. The van der Waals surface area contributed by atoms with Crippen LogP contribution in [0.4, 0.5) is 0 Å². The van der Waals surface area contributed by atoms with Crippen LogP contribution in [0, 0.1) is 52.8 Å². The van der Waals surface area contributed by atoms with Crippen molar-refractivity contribution in [3.05, 3.63) is 118 Å². The zero-order chi connectivity index (χ0) is 48.8. The van der Waals surface area contributed by atoms with Crippen LogP contribution in [0.15, 0.2) is 107 Å². The largest absolute Gasteiger partial charge is 0.396 e. The standard InChI is InChI=1S/C58H84N2O8/c1-37(2)47-22-23-50(68-55(47)65)48(49-24-26-58(53(49)63)52-43(25-30-61)20-21-45(51(52)40(5)36-62)35-57(58,66)27-29-59-6)17-10-12-38(3)44-19-18-39(4)54(64)60-56(28-31-67-7,46-15-8-9-16-46)34-42-14-11-13-41(32-42)33-44/h10-14,17-18,20-23,32,36-37,43-47,49-50,52-55,59-61,63-66H,3,8-9,15-16,19,24-31,33-35H2,1-2,4-7H3/b12-10+,39-18+,48-17+,51-40?/t43-,44+,45-,47+,49-,50-,52-,53+,54-,55-,56-,57+,58+/m0/s1. The number of carbonyl (C=O) groups excluding carboxylic acids is 1. The number of aldehydes is 1. The van der Waals surface area contributed by atoms with Gasteiger partial charge in [-0.1, -0.05) is 117 Å². The quantitative estimate of drug-likeness (QED) is 0.0375. The Morgan fingerprint density at radius 1 is 1.07 bits per heavy atom. The van der Waals surface area contributed by atoms with Crippen LogP contribution >= 0.6 is 0 Å². The van der Waals surface area contributed by atoms with Gasteiger partial charge in [-0.05, 0) is 156 Å². The predicted molar refractivity (Wildman–Crippen MR) is 270 cm³/mol. The van der Waals surface area contributed by atoms with Crippen molar-refractivity contribution in [2.75, 3.05) is 33.9 Å². The molecular weight excluding hydrogens is 853 g/mol. The van der Waals surface area contributed by atoms with Crippen molar-refractivity contribution in [3.63, 3.8) is 0 Å². The molecule has 1 aromatic carbocycles. The highest BCUT2D eigenvalue weighted by Crippen LogP contribution is 2.67. The fraction of sp³-hybridized carbons (Fsp3) is 0.638. The molecule has 0 radical (unpaired) electrons. The van der Waals surface area contributed by atoms with E-state index < -0.39 is 41.7 Å². The third-order valence-corrected chi connectivity index (χ3v) is 17.6. The maximum Gasteiger partial charge on any atom is 0.162 e. The minimum Gasteiger partial charge on any atom is -0.396 e. The number of rotatable bonds is 16. The fourth-order valence-corrected chi connectivity index (χ4v) is 13.9. The third-order valence-electron chi connectivity index (χ3n) is 17.6. The lowest BCUT2D eigenvalue weighted by molar-refractivity contribution is -0.195. The average molecular weight is 937 g/mol.